The summed E-state index contributed by atoms with van der Waals surface area (Å²) in [4.78, 5) is 12.3. The number of aliphatic hydroxyl groups is 3. The summed E-state index contributed by atoms with van der Waals surface area (Å²) in [6.07, 6.45) is 2.21. The first-order valence-electron chi connectivity index (χ1n) is 8.71. The molecule has 0 saturated carbocycles. The van der Waals surface area contributed by atoms with Crippen molar-refractivity contribution < 1.29 is 20.1 Å². The number of hydrogen-bond donors (Lipinski definition) is 4. The van der Waals surface area contributed by atoms with Crippen molar-refractivity contribution in [3.05, 3.63) is 47.5 Å². The van der Waals surface area contributed by atoms with Gasteiger partial charge < -0.3 is 25.8 Å². The molecule has 1 aromatic carbocycles. The van der Waals surface area contributed by atoms with E-state index < -0.39 is 6.29 Å². The molecule has 2 aromatic heterocycles. The number of aromatic nitrogens is 4. The third-order valence-electron chi connectivity index (χ3n) is 4.49. The van der Waals surface area contributed by atoms with Crippen LogP contribution in [0.4, 0.5) is 5.82 Å². The predicted octanol–water partition coefficient (Wildman–Crippen LogP) is 1.65. The standard InChI is InChI=1S/C11H15N5O2.C7H7ClO2/c1-6-2-7(3-17)18-11(6)16-5-15-8-9(12)13-4-14-10(8)16;8-6-3-1-5(2-4-6)7(9)10/h4-7,11,17H,2-3H2,1H3,(H2,12,13,14);1-4,7,9-10H. The fraction of sp³-hybridized carbons (Fsp3) is 0.389. The summed E-state index contributed by atoms with van der Waals surface area (Å²) < 4.78 is 7.64. The van der Waals surface area contributed by atoms with E-state index in [1.807, 2.05) is 4.57 Å². The topological polar surface area (TPSA) is 140 Å². The van der Waals surface area contributed by atoms with Gasteiger partial charge in [-0.2, -0.15) is 0 Å². The molecule has 150 valence electrons. The number of imidazole rings is 1. The average Bonchev–Trinajstić information content (AvgIpc) is 3.26. The van der Waals surface area contributed by atoms with E-state index in [-0.39, 0.29) is 24.9 Å². The molecule has 0 spiro atoms. The molecule has 1 aliphatic rings. The number of nitrogens with two attached hydrogens (primary N) is 1. The molecule has 0 bridgehead atoms. The molecule has 0 aliphatic carbocycles. The molecule has 9 nitrogen and oxygen atoms in total. The first-order chi connectivity index (χ1) is 13.4. The summed E-state index contributed by atoms with van der Waals surface area (Å²) in [5, 5.41) is 27.0. The fourth-order valence-electron chi connectivity index (χ4n) is 3.07. The normalized spacial score (nSPS) is 21.7. The van der Waals surface area contributed by atoms with E-state index in [1.165, 1.54) is 6.33 Å². The van der Waals surface area contributed by atoms with Crippen molar-refractivity contribution in [3.63, 3.8) is 0 Å². The van der Waals surface area contributed by atoms with Gasteiger partial charge in [-0.25, -0.2) is 15.0 Å². The SMILES string of the molecule is CC1CC(CO)OC1n1cnc2c(N)ncnc21.OC(O)c1ccc(Cl)cc1. The zero-order valence-corrected chi connectivity index (χ0v) is 15.9. The van der Waals surface area contributed by atoms with Gasteiger partial charge in [0.1, 0.15) is 18.1 Å². The Morgan fingerprint density at radius 3 is 2.57 bits per heavy atom. The summed E-state index contributed by atoms with van der Waals surface area (Å²) in [5.74, 6) is 0.652. The van der Waals surface area contributed by atoms with Crippen LogP contribution < -0.4 is 5.73 Å². The van der Waals surface area contributed by atoms with Crippen molar-refractivity contribution in [3.8, 4) is 0 Å². The van der Waals surface area contributed by atoms with Gasteiger partial charge in [0, 0.05) is 16.5 Å². The number of ether oxygens (including phenoxy) is 1. The van der Waals surface area contributed by atoms with Crippen LogP contribution in [0.3, 0.4) is 0 Å². The second-order valence-electron chi connectivity index (χ2n) is 6.55. The lowest BCUT2D eigenvalue weighted by Gasteiger charge is -2.17. The number of anilines is 1. The molecule has 5 N–H and O–H groups in total. The first kappa shape index (κ1) is 20.4. The maximum atomic E-state index is 9.16. The molecule has 0 amide bonds. The Morgan fingerprint density at radius 2 is 1.96 bits per heavy atom. The van der Waals surface area contributed by atoms with E-state index in [0.29, 0.717) is 27.6 Å². The van der Waals surface area contributed by atoms with Crippen LogP contribution in [0.5, 0.6) is 0 Å². The fourth-order valence-corrected chi connectivity index (χ4v) is 3.19. The van der Waals surface area contributed by atoms with Crippen molar-refractivity contribution in [1.29, 1.82) is 0 Å². The summed E-state index contributed by atoms with van der Waals surface area (Å²) >= 11 is 5.55. The van der Waals surface area contributed by atoms with Crippen LogP contribution >= 0.6 is 11.6 Å². The number of nitrogens with zero attached hydrogens (tertiary/aromatic N) is 4. The second kappa shape index (κ2) is 8.80. The number of nitrogen functional groups attached to an aromatic ring is 1. The summed E-state index contributed by atoms with van der Waals surface area (Å²) in [7, 11) is 0. The Kier molecular flexibility index (Phi) is 6.42. The highest BCUT2D eigenvalue weighted by Gasteiger charge is 2.34. The maximum Gasteiger partial charge on any atom is 0.178 e. The minimum absolute atomic E-state index is 0.0323. The highest BCUT2D eigenvalue weighted by atomic mass is 35.5. The zero-order valence-electron chi connectivity index (χ0n) is 15.2. The monoisotopic (exact) mass is 407 g/mol. The lowest BCUT2D eigenvalue weighted by molar-refractivity contribution is -0.0424. The largest absolute Gasteiger partial charge is 0.394 e. The van der Waals surface area contributed by atoms with Crippen molar-refractivity contribution >= 4 is 28.6 Å². The van der Waals surface area contributed by atoms with E-state index >= 15 is 0 Å². The summed E-state index contributed by atoms with van der Waals surface area (Å²) in [5.41, 5.74) is 7.45. The average molecular weight is 408 g/mol. The van der Waals surface area contributed by atoms with Crippen LogP contribution in [-0.4, -0.2) is 47.5 Å². The molecule has 1 fully saturated rings. The van der Waals surface area contributed by atoms with Gasteiger partial charge in [-0.15, -0.1) is 0 Å². The Hall–Kier alpha value is -2.30. The third kappa shape index (κ3) is 4.40. The highest BCUT2D eigenvalue weighted by molar-refractivity contribution is 6.30. The second-order valence-corrected chi connectivity index (χ2v) is 6.99. The van der Waals surface area contributed by atoms with Gasteiger partial charge in [0.05, 0.1) is 19.0 Å². The van der Waals surface area contributed by atoms with Gasteiger partial charge in [-0.05, 0) is 18.6 Å². The lowest BCUT2D eigenvalue weighted by atomic mass is 10.1. The van der Waals surface area contributed by atoms with Gasteiger partial charge in [0.2, 0.25) is 0 Å². The molecule has 4 rings (SSSR count). The van der Waals surface area contributed by atoms with E-state index in [2.05, 4.69) is 21.9 Å². The predicted molar refractivity (Wildman–Crippen MR) is 103 cm³/mol. The van der Waals surface area contributed by atoms with Crippen molar-refractivity contribution in [2.24, 2.45) is 5.92 Å². The molecular formula is C18H22ClN5O4. The summed E-state index contributed by atoms with van der Waals surface area (Å²) in [6.45, 7) is 2.11. The maximum absolute atomic E-state index is 9.16. The van der Waals surface area contributed by atoms with Crippen LogP contribution in [-0.2, 0) is 4.74 Å². The van der Waals surface area contributed by atoms with Gasteiger partial charge >= 0.3 is 0 Å². The van der Waals surface area contributed by atoms with E-state index in [0.717, 1.165) is 6.42 Å². The number of fused-ring (bicyclic) bond motifs is 1. The molecule has 0 radical (unpaired) electrons. The Labute approximate surface area is 166 Å². The van der Waals surface area contributed by atoms with Gasteiger partial charge in [0.15, 0.2) is 17.8 Å². The number of halogens is 1. The van der Waals surface area contributed by atoms with Crippen LogP contribution in [0.1, 0.15) is 31.4 Å². The molecule has 28 heavy (non-hydrogen) atoms. The number of aliphatic hydroxyl groups excluding tert-OH is 2. The molecule has 10 heteroatoms. The molecule has 1 aliphatic heterocycles. The number of hydrogen-bond acceptors (Lipinski definition) is 8. The number of rotatable bonds is 3. The molecular weight excluding hydrogens is 386 g/mol. The molecule has 1 saturated heterocycles. The van der Waals surface area contributed by atoms with Crippen LogP contribution in [0.2, 0.25) is 5.02 Å². The zero-order chi connectivity index (χ0) is 20.3. The van der Waals surface area contributed by atoms with E-state index in [1.54, 1.807) is 30.6 Å². The lowest BCUT2D eigenvalue weighted by Crippen LogP contribution is -2.15. The number of benzene rings is 1. The smallest absolute Gasteiger partial charge is 0.178 e. The highest BCUT2D eigenvalue weighted by Crippen LogP contribution is 2.35. The van der Waals surface area contributed by atoms with E-state index in [9.17, 15) is 0 Å². The Balaban J connectivity index is 0.000000192. The third-order valence-corrected chi connectivity index (χ3v) is 4.74. The molecule has 3 unspecified atom stereocenters. The Morgan fingerprint density at radius 1 is 1.25 bits per heavy atom. The van der Waals surface area contributed by atoms with E-state index in [4.69, 9.17) is 37.4 Å². The molecule has 3 heterocycles. The Bertz CT molecular complexity index is 918. The van der Waals surface area contributed by atoms with Gasteiger partial charge in [-0.3, -0.25) is 4.57 Å². The first-order valence-corrected chi connectivity index (χ1v) is 9.09. The van der Waals surface area contributed by atoms with Crippen LogP contribution in [0, 0.1) is 5.92 Å². The van der Waals surface area contributed by atoms with Crippen molar-refractivity contribution in [2.45, 2.75) is 32.0 Å². The van der Waals surface area contributed by atoms with Crippen LogP contribution in [0.25, 0.3) is 11.2 Å². The van der Waals surface area contributed by atoms with Crippen molar-refractivity contribution in [1.82, 2.24) is 19.5 Å². The molecule has 3 aromatic rings. The summed E-state index contributed by atoms with van der Waals surface area (Å²) in [6, 6.07) is 6.34. The van der Waals surface area contributed by atoms with Gasteiger partial charge in [-0.1, -0.05) is 30.7 Å². The minimum atomic E-state index is -1.41. The quantitative estimate of drug-likeness (QED) is 0.480. The van der Waals surface area contributed by atoms with Crippen molar-refractivity contribution in [2.75, 3.05) is 12.3 Å². The van der Waals surface area contributed by atoms with Crippen LogP contribution in [0.15, 0.2) is 36.9 Å². The molecule has 3 atom stereocenters. The van der Waals surface area contributed by atoms with Gasteiger partial charge in [0.25, 0.3) is 0 Å². The minimum Gasteiger partial charge on any atom is -0.394 e.